The van der Waals surface area contributed by atoms with Crippen LogP contribution in [0.2, 0.25) is 0 Å². The molecule has 0 aliphatic carbocycles. The van der Waals surface area contributed by atoms with Gasteiger partial charge in [-0.25, -0.2) is 0 Å². The van der Waals surface area contributed by atoms with Gasteiger partial charge < -0.3 is 5.32 Å². The van der Waals surface area contributed by atoms with Gasteiger partial charge in [-0.05, 0) is 44.4 Å². The first-order chi connectivity index (χ1) is 7.90. The maximum atomic E-state index is 11.4. The first kappa shape index (κ1) is 14.2. The van der Waals surface area contributed by atoms with Crippen LogP contribution in [0.1, 0.15) is 39.2 Å². The Balaban J connectivity index is 2.59. The van der Waals surface area contributed by atoms with Gasteiger partial charge in [0.25, 0.3) is 0 Å². The Bertz CT molecular complexity index is 365. The van der Waals surface area contributed by atoms with Crippen LogP contribution in [-0.4, -0.2) is 10.2 Å². The largest absolute Gasteiger partial charge is 0.326 e. The van der Waals surface area contributed by atoms with Crippen LogP contribution in [0.5, 0.6) is 0 Å². The lowest BCUT2D eigenvalue weighted by molar-refractivity contribution is -0.116. The lowest BCUT2D eigenvalue weighted by atomic mass is 10.0. The number of hydrogen-bond acceptors (Lipinski definition) is 1. The van der Waals surface area contributed by atoms with E-state index >= 15 is 0 Å². The molecule has 1 rings (SSSR count). The van der Waals surface area contributed by atoms with Crippen LogP contribution in [0, 0.1) is 0 Å². The second-order valence-corrected chi connectivity index (χ2v) is 7.04. The van der Waals surface area contributed by atoms with Gasteiger partial charge in [0.15, 0.2) is 0 Å². The predicted octanol–water partition coefficient (Wildman–Crippen LogP) is 4.14. The van der Waals surface area contributed by atoms with Crippen LogP contribution in [0.15, 0.2) is 24.3 Å². The summed E-state index contributed by atoms with van der Waals surface area (Å²) in [5.74, 6) is 0.0843. The molecule has 1 aromatic carbocycles. The minimum atomic E-state index is 0.0843. The third-order valence-electron chi connectivity index (χ3n) is 2.34. The van der Waals surface area contributed by atoms with Gasteiger partial charge in [0.05, 0.1) is 0 Å². The van der Waals surface area contributed by atoms with Crippen molar-refractivity contribution >= 4 is 27.5 Å². The zero-order valence-corrected chi connectivity index (χ0v) is 12.3. The number of alkyl halides is 1. The van der Waals surface area contributed by atoms with E-state index < -0.39 is 0 Å². The summed E-state index contributed by atoms with van der Waals surface area (Å²) in [6.45, 7) is 6.29. The van der Waals surface area contributed by atoms with E-state index in [1.165, 1.54) is 5.56 Å². The Morgan fingerprint density at radius 2 is 1.88 bits per heavy atom. The summed E-state index contributed by atoms with van der Waals surface area (Å²) >= 11 is 3.62. The standard InChI is InChI=1S/C14H20BrNO/c1-4-5-13(17)16-12-8-6-11(7-9-12)10-14(2,3)15/h6-9H,4-5,10H2,1-3H3,(H,16,17). The van der Waals surface area contributed by atoms with E-state index in [1.807, 2.05) is 19.1 Å². The summed E-state index contributed by atoms with van der Waals surface area (Å²) in [5, 5.41) is 2.88. The van der Waals surface area contributed by atoms with Crippen molar-refractivity contribution in [3.8, 4) is 0 Å². The molecule has 3 heteroatoms. The van der Waals surface area contributed by atoms with Gasteiger partial charge >= 0.3 is 0 Å². The molecule has 1 amide bonds. The quantitative estimate of drug-likeness (QED) is 0.813. The molecule has 0 aliphatic heterocycles. The fourth-order valence-electron chi connectivity index (χ4n) is 1.64. The third-order valence-corrected chi connectivity index (χ3v) is 2.62. The molecule has 2 nitrogen and oxygen atoms in total. The SMILES string of the molecule is CCCC(=O)Nc1ccc(CC(C)(C)Br)cc1. The molecule has 0 spiro atoms. The van der Waals surface area contributed by atoms with E-state index in [0.717, 1.165) is 18.5 Å². The van der Waals surface area contributed by atoms with Crippen molar-refractivity contribution in [2.75, 3.05) is 5.32 Å². The Labute approximate surface area is 112 Å². The van der Waals surface area contributed by atoms with E-state index in [9.17, 15) is 4.79 Å². The van der Waals surface area contributed by atoms with Gasteiger partial charge in [0.2, 0.25) is 5.91 Å². The first-order valence-electron chi connectivity index (χ1n) is 5.98. The van der Waals surface area contributed by atoms with Gasteiger partial charge in [0.1, 0.15) is 0 Å². The molecule has 0 fully saturated rings. The van der Waals surface area contributed by atoms with Crippen molar-refractivity contribution in [2.24, 2.45) is 0 Å². The normalized spacial score (nSPS) is 11.3. The molecule has 0 aliphatic rings. The Morgan fingerprint density at radius 1 is 1.29 bits per heavy atom. The number of anilines is 1. The van der Waals surface area contributed by atoms with Gasteiger partial charge in [-0.3, -0.25) is 4.79 Å². The summed E-state index contributed by atoms with van der Waals surface area (Å²) in [6, 6.07) is 8.04. The number of nitrogens with one attached hydrogen (secondary N) is 1. The zero-order chi connectivity index (χ0) is 12.9. The Kier molecular flexibility index (Phi) is 5.19. The van der Waals surface area contributed by atoms with Crippen molar-refractivity contribution in [1.29, 1.82) is 0 Å². The molecule has 17 heavy (non-hydrogen) atoms. The van der Waals surface area contributed by atoms with Gasteiger partial charge in [0, 0.05) is 16.4 Å². The summed E-state index contributed by atoms with van der Waals surface area (Å²) in [5.41, 5.74) is 2.14. The highest BCUT2D eigenvalue weighted by molar-refractivity contribution is 9.10. The van der Waals surface area contributed by atoms with Crippen LogP contribution < -0.4 is 5.32 Å². The molecule has 1 N–H and O–H groups in total. The topological polar surface area (TPSA) is 29.1 Å². The molecule has 0 saturated carbocycles. The van der Waals surface area contributed by atoms with E-state index in [2.05, 4.69) is 47.2 Å². The van der Waals surface area contributed by atoms with Crippen molar-refractivity contribution in [3.63, 3.8) is 0 Å². The molecular weight excluding hydrogens is 278 g/mol. The maximum absolute atomic E-state index is 11.4. The van der Waals surface area contributed by atoms with Crippen molar-refractivity contribution in [2.45, 2.75) is 44.4 Å². The van der Waals surface area contributed by atoms with Crippen molar-refractivity contribution in [1.82, 2.24) is 0 Å². The molecule has 0 unspecified atom stereocenters. The Morgan fingerprint density at radius 3 is 2.35 bits per heavy atom. The van der Waals surface area contributed by atoms with E-state index in [0.29, 0.717) is 6.42 Å². The van der Waals surface area contributed by atoms with Crippen LogP contribution in [0.25, 0.3) is 0 Å². The predicted molar refractivity (Wildman–Crippen MR) is 76.7 cm³/mol. The van der Waals surface area contributed by atoms with Crippen LogP contribution >= 0.6 is 15.9 Å². The molecule has 0 heterocycles. The number of rotatable bonds is 5. The maximum Gasteiger partial charge on any atom is 0.224 e. The van der Waals surface area contributed by atoms with E-state index in [1.54, 1.807) is 0 Å². The molecule has 1 aromatic rings. The van der Waals surface area contributed by atoms with Crippen LogP contribution in [0.4, 0.5) is 5.69 Å². The van der Waals surface area contributed by atoms with Crippen molar-refractivity contribution < 1.29 is 4.79 Å². The summed E-state index contributed by atoms with van der Waals surface area (Å²) in [4.78, 5) is 11.4. The lowest BCUT2D eigenvalue weighted by Crippen LogP contribution is -2.13. The highest BCUT2D eigenvalue weighted by atomic mass is 79.9. The molecule has 0 radical (unpaired) electrons. The molecule has 0 saturated heterocycles. The van der Waals surface area contributed by atoms with Gasteiger partial charge in [-0.15, -0.1) is 0 Å². The van der Waals surface area contributed by atoms with Crippen molar-refractivity contribution in [3.05, 3.63) is 29.8 Å². The summed E-state index contributed by atoms with van der Waals surface area (Å²) in [7, 11) is 0. The average molecular weight is 298 g/mol. The first-order valence-corrected chi connectivity index (χ1v) is 6.78. The van der Waals surface area contributed by atoms with Crippen LogP contribution in [0.3, 0.4) is 0 Å². The molecule has 0 aromatic heterocycles. The van der Waals surface area contributed by atoms with E-state index in [4.69, 9.17) is 0 Å². The molecule has 94 valence electrons. The number of amides is 1. The monoisotopic (exact) mass is 297 g/mol. The number of hydrogen-bond donors (Lipinski definition) is 1. The average Bonchev–Trinajstić information content (AvgIpc) is 2.19. The fourth-order valence-corrected chi connectivity index (χ4v) is 1.97. The summed E-state index contributed by atoms with van der Waals surface area (Å²) < 4.78 is 0.111. The second kappa shape index (κ2) is 6.20. The number of benzene rings is 1. The molecule has 0 bridgehead atoms. The molecular formula is C14H20BrNO. The summed E-state index contributed by atoms with van der Waals surface area (Å²) in [6.07, 6.45) is 2.42. The second-order valence-electron chi connectivity index (χ2n) is 4.89. The minimum absolute atomic E-state index is 0.0843. The number of carbonyl (C=O) groups excluding carboxylic acids is 1. The third kappa shape index (κ3) is 5.87. The zero-order valence-electron chi connectivity index (χ0n) is 10.7. The Hall–Kier alpha value is -0.830. The lowest BCUT2D eigenvalue weighted by Gasteiger charge is -2.16. The van der Waals surface area contributed by atoms with Crippen LogP contribution in [-0.2, 0) is 11.2 Å². The molecule has 0 atom stereocenters. The highest BCUT2D eigenvalue weighted by Crippen LogP contribution is 2.22. The fraction of sp³-hybridized carbons (Fsp3) is 0.500. The number of halogens is 1. The van der Waals surface area contributed by atoms with Gasteiger partial charge in [-0.1, -0.05) is 35.0 Å². The highest BCUT2D eigenvalue weighted by Gasteiger charge is 2.13. The smallest absolute Gasteiger partial charge is 0.224 e. The van der Waals surface area contributed by atoms with E-state index in [-0.39, 0.29) is 10.2 Å². The minimum Gasteiger partial charge on any atom is -0.326 e. The van der Waals surface area contributed by atoms with Gasteiger partial charge in [-0.2, -0.15) is 0 Å². The number of carbonyl (C=O) groups is 1.